The van der Waals surface area contributed by atoms with E-state index in [0.717, 1.165) is 0 Å². The number of rotatable bonds is 4. The zero-order valence-corrected chi connectivity index (χ0v) is 14.3. The van der Waals surface area contributed by atoms with Gasteiger partial charge in [0, 0.05) is 31.1 Å². The predicted molar refractivity (Wildman–Crippen MR) is 91.2 cm³/mol. The minimum Gasteiger partial charge on any atom is -0.497 e. The molecular weight excluding hydrogens is 322 g/mol. The molecule has 2 heterocycles. The third kappa shape index (κ3) is 4.10. The van der Waals surface area contributed by atoms with Crippen molar-refractivity contribution in [2.24, 2.45) is 0 Å². The van der Waals surface area contributed by atoms with Gasteiger partial charge in [0.15, 0.2) is 0 Å². The Morgan fingerprint density at radius 1 is 1.24 bits per heavy atom. The smallest absolute Gasteiger partial charge is 0.253 e. The highest BCUT2D eigenvalue weighted by Gasteiger charge is 2.30. The van der Waals surface area contributed by atoms with Gasteiger partial charge < -0.3 is 20.3 Å². The number of likely N-dealkylation sites (tertiary alicyclic amines) is 1. The maximum absolute atomic E-state index is 12.6. The molecule has 3 rings (SSSR count). The maximum Gasteiger partial charge on any atom is 0.253 e. The van der Waals surface area contributed by atoms with Crippen molar-refractivity contribution in [3.63, 3.8) is 0 Å². The maximum atomic E-state index is 12.6. The molecule has 3 amide bonds. The quantitative estimate of drug-likeness (QED) is 0.841. The fraction of sp³-hybridized carbons (Fsp3) is 0.500. The first-order valence-corrected chi connectivity index (χ1v) is 8.60. The van der Waals surface area contributed by atoms with E-state index in [0.29, 0.717) is 50.1 Å². The molecule has 7 heteroatoms. The van der Waals surface area contributed by atoms with Gasteiger partial charge in [0.25, 0.3) is 5.91 Å². The number of nitrogens with zero attached hydrogens (tertiary/aromatic N) is 1. The molecule has 7 nitrogen and oxygen atoms in total. The van der Waals surface area contributed by atoms with Gasteiger partial charge in [-0.25, -0.2) is 0 Å². The van der Waals surface area contributed by atoms with E-state index in [2.05, 4.69) is 10.6 Å². The molecule has 0 aromatic heterocycles. The van der Waals surface area contributed by atoms with Crippen LogP contribution in [0.2, 0.25) is 0 Å². The summed E-state index contributed by atoms with van der Waals surface area (Å²) in [5, 5.41) is 5.66. The number of hydrogen-bond acceptors (Lipinski definition) is 4. The van der Waals surface area contributed by atoms with Gasteiger partial charge in [0.1, 0.15) is 11.8 Å². The molecule has 134 valence electrons. The molecule has 0 bridgehead atoms. The van der Waals surface area contributed by atoms with Crippen LogP contribution in [0.5, 0.6) is 5.75 Å². The summed E-state index contributed by atoms with van der Waals surface area (Å²) in [6, 6.07) is 6.75. The topological polar surface area (TPSA) is 87.7 Å². The number of carbonyl (C=O) groups is 3. The summed E-state index contributed by atoms with van der Waals surface area (Å²) in [6.07, 6.45) is 2.38. The summed E-state index contributed by atoms with van der Waals surface area (Å²) in [6.45, 7) is 1.19. The molecule has 0 spiro atoms. The highest BCUT2D eigenvalue weighted by Crippen LogP contribution is 2.18. The Morgan fingerprint density at radius 2 is 2.00 bits per heavy atom. The van der Waals surface area contributed by atoms with E-state index < -0.39 is 6.04 Å². The number of nitrogens with one attached hydrogen (secondary N) is 2. The summed E-state index contributed by atoms with van der Waals surface area (Å²) in [7, 11) is 1.57. The Labute approximate surface area is 146 Å². The van der Waals surface area contributed by atoms with Gasteiger partial charge in [-0.2, -0.15) is 0 Å². The fourth-order valence-electron chi connectivity index (χ4n) is 3.28. The van der Waals surface area contributed by atoms with Crippen molar-refractivity contribution in [1.82, 2.24) is 15.5 Å². The number of amides is 3. The van der Waals surface area contributed by atoms with Crippen molar-refractivity contribution in [3.8, 4) is 5.75 Å². The molecule has 1 aromatic carbocycles. The average molecular weight is 345 g/mol. The Morgan fingerprint density at radius 3 is 2.64 bits per heavy atom. The minimum absolute atomic E-state index is 0.0215. The number of piperidine rings is 1. The molecule has 1 atom stereocenters. The second-order valence-corrected chi connectivity index (χ2v) is 6.47. The van der Waals surface area contributed by atoms with Crippen LogP contribution in [0.3, 0.4) is 0 Å². The number of benzene rings is 1. The third-order valence-corrected chi connectivity index (χ3v) is 4.76. The van der Waals surface area contributed by atoms with E-state index in [4.69, 9.17) is 4.74 Å². The van der Waals surface area contributed by atoms with Crippen LogP contribution in [-0.2, 0) is 9.59 Å². The highest BCUT2D eigenvalue weighted by atomic mass is 16.5. The Balaban J connectivity index is 1.50. The van der Waals surface area contributed by atoms with E-state index in [-0.39, 0.29) is 23.8 Å². The van der Waals surface area contributed by atoms with Gasteiger partial charge in [-0.05, 0) is 37.5 Å². The van der Waals surface area contributed by atoms with Gasteiger partial charge in [-0.3, -0.25) is 14.4 Å². The Kier molecular flexibility index (Phi) is 5.21. The number of carbonyl (C=O) groups excluding carboxylic acids is 3. The van der Waals surface area contributed by atoms with E-state index in [9.17, 15) is 14.4 Å². The van der Waals surface area contributed by atoms with Crippen molar-refractivity contribution < 1.29 is 19.1 Å². The van der Waals surface area contributed by atoms with Crippen LogP contribution in [0.1, 0.15) is 36.0 Å². The first-order chi connectivity index (χ1) is 12.1. The van der Waals surface area contributed by atoms with Crippen LogP contribution in [0.15, 0.2) is 24.3 Å². The molecular formula is C18H23N3O4. The van der Waals surface area contributed by atoms with Crippen LogP contribution in [0.25, 0.3) is 0 Å². The second kappa shape index (κ2) is 7.55. The summed E-state index contributed by atoms with van der Waals surface area (Å²) < 4.78 is 5.16. The van der Waals surface area contributed by atoms with E-state index >= 15 is 0 Å². The monoisotopic (exact) mass is 345 g/mol. The number of methoxy groups -OCH3 is 1. The van der Waals surface area contributed by atoms with Crippen molar-refractivity contribution in [1.29, 1.82) is 0 Å². The van der Waals surface area contributed by atoms with E-state index in [1.807, 2.05) is 0 Å². The molecule has 2 N–H and O–H groups in total. The second-order valence-electron chi connectivity index (χ2n) is 6.47. The molecule has 25 heavy (non-hydrogen) atoms. The van der Waals surface area contributed by atoms with Gasteiger partial charge >= 0.3 is 0 Å². The van der Waals surface area contributed by atoms with Crippen LogP contribution < -0.4 is 15.4 Å². The molecule has 2 saturated heterocycles. The summed E-state index contributed by atoms with van der Waals surface area (Å²) in [5.74, 6) is 0.445. The molecule has 2 aliphatic heterocycles. The SMILES string of the molecule is COc1cccc(C(=O)N2CCC(NC(=O)C3CCC(=O)N3)CC2)c1. The van der Waals surface area contributed by atoms with E-state index in [1.54, 1.807) is 36.3 Å². The molecule has 0 saturated carbocycles. The average Bonchev–Trinajstić information content (AvgIpc) is 3.08. The lowest BCUT2D eigenvalue weighted by molar-refractivity contribution is -0.126. The van der Waals surface area contributed by atoms with Gasteiger partial charge in [0.2, 0.25) is 11.8 Å². The third-order valence-electron chi connectivity index (χ3n) is 4.76. The first kappa shape index (κ1) is 17.3. The molecule has 0 aliphatic carbocycles. The van der Waals surface area contributed by atoms with Crippen molar-refractivity contribution in [2.75, 3.05) is 20.2 Å². The van der Waals surface area contributed by atoms with Crippen LogP contribution in [0.4, 0.5) is 0 Å². The Bertz CT molecular complexity index is 668. The summed E-state index contributed by atoms with van der Waals surface area (Å²) in [5.41, 5.74) is 0.607. The molecule has 1 aromatic rings. The highest BCUT2D eigenvalue weighted by molar-refractivity contribution is 5.94. The number of ether oxygens (including phenoxy) is 1. The van der Waals surface area contributed by atoms with Crippen molar-refractivity contribution in [2.45, 2.75) is 37.8 Å². The van der Waals surface area contributed by atoms with Gasteiger partial charge in [0.05, 0.1) is 7.11 Å². The lowest BCUT2D eigenvalue weighted by atomic mass is 10.0. The van der Waals surface area contributed by atoms with Gasteiger partial charge in [-0.1, -0.05) is 6.07 Å². The molecule has 2 aliphatic rings. The van der Waals surface area contributed by atoms with Crippen LogP contribution in [0, 0.1) is 0 Å². The largest absolute Gasteiger partial charge is 0.497 e. The van der Waals surface area contributed by atoms with E-state index in [1.165, 1.54) is 0 Å². The van der Waals surface area contributed by atoms with Crippen LogP contribution in [-0.4, -0.2) is 54.9 Å². The molecule has 2 fully saturated rings. The zero-order valence-electron chi connectivity index (χ0n) is 14.3. The van der Waals surface area contributed by atoms with Crippen molar-refractivity contribution in [3.05, 3.63) is 29.8 Å². The Hall–Kier alpha value is -2.57. The van der Waals surface area contributed by atoms with Gasteiger partial charge in [-0.15, -0.1) is 0 Å². The summed E-state index contributed by atoms with van der Waals surface area (Å²) >= 11 is 0. The molecule has 1 unspecified atom stereocenters. The fourth-order valence-corrected chi connectivity index (χ4v) is 3.28. The minimum atomic E-state index is -0.413. The normalized spacial score (nSPS) is 20.9. The summed E-state index contributed by atoms with van der Waals surface area (Å²) in [4.78, 5) is 37.7. The predicted octanol–water partition coefficient (Wildman–Crippen LogP) is 0.695. The standard InChI is InChI=1S/C18H23N3O4/c1-25-14-4-2-3-12(11-14)18(24)21-9-7-13(8-10-21)19-17(23)15-5-6-16(22)20-15/h2-4,11,13,15H,5-10H2,1H3,(H,19,23)(H,20,22). The lowest BCUT2D eigenvalue weighted by Crippen LogP contribution is -2.50. The zero-order chi connectivity index (χ0) is 17.8. The first-order valence-electron chi connectivity index (χ1n) is 8.60. The molecule has 0 radical (unpaired) electrons. The number of hydrogen-bond donors (Lipinski definition) is 2. The van der Waals surface area contributed by atoms with Crippen molar-refractivity contribution >= 4 is 17.7 Å². The van der Waals surface area contributed by atoms with Crippen LogP contribution >= 0.6 is 0 Å². The lowest BCUT2D eigenvalue weighted by Gasteiger charge is -2.33.